The molecule has 2 N–H and O–H groups in total. The summed E-state index contributed by atoms with van der Waals surface area (Å²) in [4.78, 5) is 26.3. The van der Waals surface area contributed by atoms with Gasteiger partial charge in [0.1, 0.15) is 10.8 Å². The molecule has 4 heterocycles. The summed E-state index contributed by atoms with van der Waals surface area (Å²) in [6.07, 6.45) is -0.335. The van der Waals surface area contributed by atoms with Gasteiger partial charge in [0.2, 0.25) is 0 Å². The number of nitrogens with zero attached hydrogens (tertiary/aromatic N) is 5. The molecule has 1 fully saturated rings. The van der Waals surface area contributed by atoms with Gasteiger partial charge < -0.3 is 10.6 Å². The van der Waals surface area contributed by atoms with E-state index in [0.717, 1.165) is 49.1 Å². The van der Waals surface area contributed by atoms with Crippen LogP contribution in [0.25, 0.3) is 0 Å². The van der Waals surface area contributed by atoms with Crippen molar-refractivity contribution in [3.05, 3.63) is 53.4 Å². The maximum Gasteiger partial charge on any atom is 0.434 e. The molecule has 0 spiro atoms. The minimum atomic E-state index is -4.60. The van der Waals surface area contributed by atoms with E-state index in [1.54, 1.807) is 24.1 Å². The molecule has 1 amide bonds. The minimum absolute atomic E-state index is 0.0430. The quantitative estimate of drug-likeness (QED) is 0.334. The van der Waals surface area contributed by atoms with E-state index in [-0.39, 0.29) is 17.9 Å². The Morgan fingerprint density at radius 3 is 2.50 bits per heavy atom. The van der Waals surface area contributed by atoms with E-state index in [0.29, 0.717) is 41.6 Å². The Morgan fingerprint density at radius 1 is 1.13 bits per heavy atom. The van der Waals surface area contributed by atoms with E-state index in [2.05, 4.69) is 30.0 Å². The molecule has 0 aromatic carbocycles. The van der Waals surface area contributed by atoms with Crippen LogP contribution in [0.1, 0.15) is 46.7 Å². The van der Waals surface area contributed by atoms with Gasteiger partial charge in [0, 0.05) is 5.69 Å². The summed E-state index contributed by atoms with van der Waals surface area (Å²) in [6.45, 7) is 2.86. The van der Waals surface area contributed by atoms with E-state index < -0.39 is 24.2 Å². The van der Waals surface area contributed by atoms with E-state index in [1.807, 2.05) is 6.07 Å². The van der Waals surface area contributed by atoms with Gasteiger partial charge in [0.15, 0.2) is 5.69 Å². The average molecular weight is 556 g/mol. The van der Waals surface area contributed by atoms with Crippen molar-refractivity contribution in [2.45, 2.75) is 45.2 Å². The van der Waals surface area contributed by atoms with Crippen molar-refractivity contribution in [2.75, 3.05) is 30.3 Å². The zero-order valence-corrected chi connectivity index (χ0v) is 21.3. The number of hydrogen-bond donors (Lipinski definition) is 2. The Morgan fingerprint density at radius 2 is 1.89 bits per heavy atom. The number of pyridine rings is 1. The Hall–Kier alpha value is -3.26. The first-order valence-corrected chi connectivity index (χ1v) is 12.7. The zero-order valence-electron chi connectivity index (χ0n) is 20.4. The molecule has 1 saturated heterocycles. The van der Waals surface area contributed by atoms with Gasteiger partial charge in [-0.1, -0.05) is 0 Å². The fourth-order valence-corrected chi connectivity index (χ4v) is 5.02. The van der Waals surface area contributed by atoms with Gasteiger partial charge in [-0.05, 0) is 75.3 Å². The molecule has 8 nitrogen and oxygen atoms in total. The number of carbonyl (C=O) groups is 1. The highest BCUT2D eigenvalue weighted by atomic mass is 32.1. The predicted octanol–water partition coefficient (Wildman–Crippen LogP) is 5.56. The number of hydrogen-bond acceptors (Lipinski definition) is 8. The number of nitrogens with one attached hydrogen (secondary N) is 2. The Balaban J connectivity index is 1.31. The fourth-order valence-electron chi connectivity index (χ4n) is 4.22. The van der Waals surface area contributed by atoms with Gasteiger partial charge in [-0.15, -0.1) is 0 Å². The average Bonchev–Trinajstić information content (AvgIpc) is 3.23. The van der Waals surface area contributed by atoms with Gasteiger partial charge in [-0.25, -0.2) is 18.7 Å². The molecule has 0 aliphatic carbocycles. The third-order valence-corrected chi connectivity index (χ3v) is 7.12. The molecule has 0 radical (unpaired) electrons. The zero-order chi connectivity index (χ0) is 27.3. The van der Waals surface area contributed by atoms with Crippen LogP contribution < -0.4 is 10.6 Å². The van der Waals surface area contributed by atoms with Crippen molar-refractivity contribution in [2.24, 2.45) is 5.92 Å². The fraction of sp³-hybridized carbons (Fsp3) is 0.458. The topological polar surface area (TPSA) is 95.9 Å². The summed E-state index contributed by atoms with van der Waals surface area (Å²) in [5.74, 6) is 0.0598. The second-order valence-electron chi connectivity index (χ2n) is 9.05. The Kier molecular flexibility index (Phi) is 8.82. The molecule has 1 aliphatic heterocycles. The molecule has 3 aromatic rings. The Bertz CT molecular complexity index is 1210. The van der Waals surface area contributed by atoms with Gasteiger partial charge in [-0.3, -0.25) is 14.7 Å². The molecule has 0 atom stereocenters. The second kappa shape index (κ2) is 12.1. The smallest absolute Gasteiger partial charge is 0.329 e. The summed E-state index contributed by atoms with van der Waals surface area (Å²) in [7, 11) is 0. The summed E-state index contributed by atoms with van der Waals surface area (Å²) >= 11 is 0.977. The Labute approximate surface area is 219 Å². The van der Waals surface area contributed by atoms with Crippen molar-refractivity contribution < 1.29 is 26.7 Å². The number of aromatic nitrogens is 4. The van der Waals surface area contributed by atoms with Crippen molar-refractivity contribution in [1.29, 1.82) is 0 Å². The lowest BCUT2D eigenvalue weighted by Crippen LogP contribution is -2.36. The predicted molar refractivity (Wildman–Crippen MR) is 133 cm³/mol. The highest BCUT2D eigenvalue weighted by molar-refractivity contribution is 7.10. The SMILES string of the molecule is Cc1nsc(Nc2cnc(C(F)(F)F)cn2)c1C(=O)Nc1ccc(CCC2CCN(CC(F)F)CC2)nc1. The number of aryl methyl sites for hydroxylation is 2. The lowest BCUT2D eigenvalue weighted by Gasteiger charge is -2.31. The first-order valence-electron chi connectivity index (χ1n) is 12.0. The molecule has 4 rings (SSSR count). The largest absolute Gasteiger partial charge is 0.434 e. The van der Waals surface area contributed by atoms with Crippen molar-refractivity contribution >= 4 is 33.9 Å². The van der Waals surface area contributed by atoms with Crippen LogP contribution in [0.4, 0.5) is 38.5 Å². The van der Waals surface area contributed by atoms with Gasteiger partial charge >= 0.3 is 6.18 Å². The number of halogens is 5. The minimum Gasteiger partial charge on any atom is -0.329 e. The molecule has 14 heteroatoms. The number of amides is 1. The standard InChI is InChI=1S/C24H26F5N7OS/c1-14-21(23(38-35-14)34-20-12-31-18(11-32-20)24(27,28)29)22(37)33-17-5-4-16(30-10-17)3-2-15-6-8-36(9-7-15)13-19(25)26/h4-5,10-12,15,19H,2-3,6-9,13H2,1H3,(H,32,34)(H,33,37). The number of carbonyl (C=O) groups excluding carboxylic acids is 1. The normalized spacial score (nSPS) is 15.1. The molecule has 0 saturated carbocycles. The van der Waals surface area contributed by atoms with Crippen LogP contribution in [0, 0.1) is 12.8 Å². The third-order valence-electron chi connectivity index (χ3n) is 6.27. The van der Waals surface area contributed by atoms with Crippen LogP contribution in [0.15, 0.2) is 30.7 Å². The van der Waals surface area contributed by atoms with Crippen LogP contribution in [-0.4, -0.2) is 56.2 Å². The highest BCUT2D eigenvalue weighted by Crippen LogP contribution is 2.30. The van der Waals surface area contributed by atoms with E-state index >= 15 is 0 Å². The van der Waals surface area contributed by atoms with E-state index in [1.165, 1.54) is 0 Å². The summed E-state index contributed by atoms with van der Waals surface area (Å²) in [5.41, 5.74) is 0.908. The summed E-state index contributed by atoms with van der Waals surface area (Å²) in [5, 5.41) is 5.89. The van der Waals surface area contributed by atoms with E-state index in [9.17, 15) is 26.7 Å². The molecule has 0 unspecified atom stereocenters. The molecular formula is C24H26F5N7OS. The summed E-state index contributed by atoms with van der Waals surface area (Å²) < 4.78 is 67.4. The second-order valence-corrected chi connectivity index (χ2v) is 9.82. The molecular weight excluding hydrogens is 529 g/mol. The van der Waals surface area contributed by atoms with Gasteiger partial charge in [0.05, 0.1) is 42.1 Å². The van der Waals surface area contributed by atoms with Crippen LogP contribution in [-0.2, 0) is 12.6 Å². The van der Waals surface area contributed by atoms with Crippen molar-refractivity contribution in [1.82, 2.24) is 24.2 Å². The maximum atomic E-state index is 13.0. The van der Waals surface area contributed by atoms with Crippen molar-refractivity contribution in [3.63, 3.8) is 0 Å². The maximum absolute atomic E-state index is 13.0. The first kappa shape index (κ1) is 27.8. The lowest BCUT2D eigenvalue weighted by atomic mass is 9.91. The molecule has 204 valence electrons. The number of likely N-dealkylation sites (tertiary alicyclic amines) is 1. The van der Waals surface area contributed by atoms with Gasteiger partial charge in [0.25, 0.3) is 12.3 Å². The van der Waals surface area contributed by atoms with Crippen LogP contribution in [0.5, 0.6) is 0 Å². The monoisotopic (exact) mass is 555 g/mol. The summed E-state index contributed by atoms with van der Waals surface area (Å²) in [6, 6.07) is 3.58. The first-order chi connectivity index (χ1) is 18.1. The number of anilines is 3. The third kappa shape index (κ3) is 7.40. The van der Waals surface area contributed by atoms with Crippen LogP contribution in [0.3, 0.4) is 0 Å². The van der Waals surface area contributed by atoms with Gasteiger partial charge in [-0.2, -0.15) is 17.5 Å². The van der Waals surface area contributed by atoms with Crippen molar-refractivity contribution in [3.8, 4) is 0 Å². The van der Waals surface area contributed by atoms with Crippen LogP contribution in [0.2, 0.25) is 0 Å². The molecule has 1 aliphatic rings. The number of piperidine rings is 1. The number of alkyl halides is 5. The lowest BCUT2D eigenvalue weighted by molar-refractivity contribution is -0.141. The molecule has 38 heavy (non-hydrogen) atoms. The van der Waals surface area contributed by atoms with E-state index in [4.69, 9.17) is 0 Å². The number of rotatable bonds is 9. The molecule has 3 aromatic heterocycles. The highest BCUT2D eigenvalue weighted by Gasteiger charge is 2.33. The molecule has 0 bridgehead atoms. The van der Waals surface area contributed by atoms with Crippen LogP contribution >= 0.6 is 11.5 Å².